The Labute approximate surface area is 95.2 Å². The molecule has 0 amide bonds. The highest BCUT2D eigenvalue weighted by atomic mass is 79.9. The number of rotatable bonds is 4. The normalized spacial score (nSPS) is 10.6. The second kappa shape index (κ2) is 5.71. The molecule has 0 aliphatic carbocycles. The van der Waals surface area contributed by atoms with Crippen LogP contribution in [-0.4, -0.2) is 5.75 Å². The van der Waals surface area contributed by atoms with Gasteiger partial charge in [-0.15, -0.1) is 0 Å². The number of benzene rings is 1. The van der Waals surface area contributed by atoms with Gasteiger partial charge in [0.25, 0.3) is 0 Å². The second-order valence-corrected chi connectivity index (χ2v) is 4.83. The Morgan fingerprint density at radius 1 is 1.36 bits per heavy atom. The summed E-state index contributed by atoms with van der Waals surface area (Å²) >= 11 is 4.58. The fraction of sp³-hybridized carbons (Fsp3) is 0.400. The molecule has 0 N–H and O–H groups in total. The van der Waals surface area contributed by atoms with E-state index in [0.717, 1.165) is 12.2 Å². The summed E-state index contributed by atoms with van der Waals surface area (Å²) in [7, 11) is 0. The first kappa shape index (κ1) is 12.0. The molecular weight excluding hydrogens is 270 g/mol. The molecule has 0 unspecified atom stereocenters. The molecule has 1 rings (SSSR count). The summed E-state index contributed by atoms with van der Waals surface area (Å²) in [5.41, 5.74) is 0.165. The molecular formula is C10H11BrF2S. The molecule has 0 aliphatic rings. The summed E-state index contributed by atoms with van der Waals surface area (Å²) in [4.78, 5) is 0. The van der Waals surface area contributed by atoms with Gasteiger partial charge in [0.1, 0.15) is 11.6 Å². The maximum Gasteiger partial charge on any atom is 0.144 e. The minimum absolute atomic E-state index is 0.165. The van der Waals surface area contributed by atoms with Gasteiger partial charge in [0.2, 0.25) is 0 Å². The number of thioether (sulfide) groups is 1. The topological polar surface area (TPSA) is 0 Å². The highest BCUT2D eigenvalue weighted by molar-refractivity contribution is 9.10. The van der Waals surface area contributed by atoms with E-state index in [4.69, 9.17) is 0 Å². The Bertz CT molecular complexity index is 315. The van der Waals surface area contributed by atoms with Crippen LogP contribution in [0.4, 0.5) is 8.78 Å². The number of hydrogen-bond acceptors (Lipinski definition) is 1. The standard InChI is InChI=1S/C10H11BrF2S/c1-2-5-14-6-7-9(12)4-3-8(11)10(7)13/h3-4H,2,5-6H2,1H3. The zero-order valence-corrected chi connectivity index (χ0v) is 10.2. The van der Waals surface area contributed by atoms with Crippen molar-refractivity contribution in [3.8, 4) is 0 Å². The van der Waals surface area contributed by atoms with Crippen molar-refractivity contribution in [1.29, 1.82) is 0 Å². The average molecular weight is 281 g/mol. The fourth-order valence-corrected chi connectivity index (χ4v) is 2.29. The van der Waals surface area contributed by atoms with Gasteiger partial charge in [-0.1, -0.05) is 6.92 Å². The van der Waals surface area contributed by atoms with Crippen LogP contribution in [0.15, 0.2) is 16.6 Å². The van der Waals surface area contributed by atoms with Crippen LogP contribution >= 0.6 is 27.7 Å². The van der Waals surface area contributed by atoms with E-state index < -0.39 is 11.6 Å². The van der Waals surface area contributed by atoms with Crippen molar-refractivity contribution in [2.24, 2.45) is 0 Å². The van der Waals surface area contributed by atoms with Crippen molar-refractivity contribution in [2.75, 3.05) is 5.75 Å². The van der Waals surface area contributed by atoms with E-state index in [1.54, 1.807) is 11.8 Å². The number of halogens is 3. The maximum absolute atomic E-state index is 13.4. The predicted octanol–water partition coefficient (Wildman–Crippen LogP) is 4.37. The van der Waals surface area contributed by atoms with Gasteiger partial charge in [-0.05, 0) is 40.2 Å². The Hall–Kier alpha value is -0.0900. The third-order valence-electron chi connectivity index (χ3n) is 1.73. The lowest BCUT2D eigenvalue weighted by Crippen LogP contribution is -1.95. The summed E-state index contributed by atoms with van der Waals surface area (Å²) in [6, 6.07) is 2.67. The first-order valence-corrected chi connectivity index (χ1v) is 6.31. The van der Waals surface area contributed by atoms with Crippen LogP contribution in [0.2, 0.25) is 0 Å². The van der Waals surface area contributed by atoms with Crippen molar-refractivity contribution in [1.82, 2.24) is 0 Å². The summed E-state index contributed by atoms with van der Waals surface area (Å²) in [6.45, 7) is 2.04. The molecule has 0 atom stereocenters. The van der Waals surface area contributed by atoms with Crippen molar-refractivity contribution >= 4 is 27.7 Å². The average Bonchev–Trinajstić information content (AvgIpc) is 2.18. The monoisotopic (exact) mass is 280 g/mol. The largest absolute Gasteiger partial charge is 0.207 e. The molecule has 0 heterocycles. The van der Waals surface area contributed by atoms with E-state index in [2.05, 4.69) is 15.9 Å². The molecule has 0 spiro atoms. The van der Waals surface area contributed by atoms with Crippen molar-refractivity contribution < 1.29 is 8.78 Å². The third kappa shape index (κ3) is 2.95. The van der Waals surface area contributed by atoms with Gasteiger partial charge in [-0.2, -0.15) is 11.8 Å². The van der Waals surface area contributed by atoms with Gasteiger partial charge in [-0.25, -0.2) is 8.78 Å². The Morgan fingerprint density at radius 3 is 2.71 bits per heavy atom. The molecule has 78 valence electrons. The third-order valence-corrected chi connectivity index (χ3v) is 3.54. The summed E-state index contributed by atoms with van der Waals surface area (Å²) < 4.78 is 26.9. The van der Waals surface area contributed by atoms with Crippen LogP contribution < -0.4 is 0 Å². The zero-order chi connectivity index (χ0) is 10.6. The van der Waals surface area contributed by atoms with E-state index in [-0.39, 0.29) is 5.56 Å². The van der Waals surface area contributed by atoms with Gasteiger partial charge in [0, 0.05) is 11.3 Å². The van der Waals surface area contributed by atoms with E-state index >= 15 is 0 Å². The van der Waals surface area contributed by atoms with Crippen molar-refractivity contribution in [3.63, 3.8) is 0 Å². The van der Waals surface area contributed by atoms with Gasteiger partial charge >= 0.3 is 0 Å². The molecule has 0 bridgehead atoms. The summed E-state index contributed by atoms with van der Waals surface area (Å²) in [5.74, 6) is 0.374. The molecule has 4 heteroatoms. The van der Waals surface area contributed by atoms with Gasteiger partial charge < -0.3 is 0 Å². The molecule has 0 saturated heterocycles. The molecule has 0 fully saturated rings. The lowest BCUT2D eigenvalue weighted by Gasteiger charge is -2.05. The minimum atomic E-state index is -0.478. The fourth-order valence-electron chi connectivity index (χ4n) is 1.02. The van der Waals surface area contributed by atoms with Crippen molar-refractivity contribution in [2.45, 2.75) is 19.1 Å². The van der Waals surface area contributed by atoms with E-state index in [9.17, 15) is 8.78 Å². The molecule has 14 heavy (non-hydrogen) atoms. The molecule has 1 aromatic rings. The molecule has 1 aromatic carbocycles. The minimum Gasteiger partial charge on any atom is -0.207 e. The zero-order valence-electron chi connectivity index (χ0n) is 7.82. The molecule has 0 aliphatic heterocycles. The van der Waals surface area contributed by atoms with Crippen molar-refractivity contribution in [3.05, 3.63) is 33.8 Å². The quantitative estimate of drug-likeness (QED) is 0.583. The Morgan fingerprint density at radius 2 is 2.07 bits per heavy atom. The van der Waals surface area contributed by atoms with Crippen LogP contribution in [0, 0.1) is 11.6 Å². The van der Waals surface area contributed by atoms with Gasteiger partial charge in [-0.3, -0.25) is 0 Å². The van der Waals surface area contributed by atoms with Gasteiger partial charge in [0.05, 0.1) is 4.47 Å². The van der Waals surface area contributed by atoms with Crippen LogP contribution in [-0.2, 0) is 5.75 Å². The predicted molar refractivity (Wildman–Crippen MR) is 60.5 cm³/mol. The highest BCUT2D eigenvalue weighted by Crippen LogP contribution is 2.25. The van der Waals surface area contributed by atoms with Crippen LogP contribution in [0.5, 0.6) is 0 Å². The smallest absolute Gasteiger partial charge is 0.144 e. The first-order valence-electron chi connectivity index (χ1n) is 4.37. The SMILES string of the molecule is CCCSCc1c(F)ccc(Br)c1F. The maximum atomic E-state index is 13.4. The van der Waals surface area contributed by atoms with E-state index in [1.165, 1.54) is 12.1 Å². The second-order valence-electron chi connectivity index (χ2n) is 2.87. The summed E-state index contributed by atoms with van der Waals surface area (Å²) in [6.07, 6.45) is 1.02. The molecule has 0 saturated carbocycles. The highest BCUT2D eigenvalue weighted by Gasteiger charge is 2.11. The van der Waals surface area contributed by atoms with E-state index in [1.807, 2.05) is 6.92 Å². The summed E-state index contributed by atoms with van der Waals surface area (Å²) in [5, 5.41) is 0. The van der Waals surface area contributed by atoms with Gasteiger partial charge in [0.15, 0.2) is 0 Å². The number of hydrogen-bond donors (Lipinski definition) is 0. The van der Waals surface area contributed by atoms with E-state index in [0.29, 0.717) is 10.2 Å². The molecule has 0 nitrogen and oxygen atoms in total. The lowest BCUT2D eigenvalue weighted by molar-refractivity contribution is 0.562. The Balaban J connectivity index is 2.79. The van der Waals surface area contributed by atoms with Crippen LogP contribution in [0.1, 0.15) is 18.9 Å². The molecule has 0 radical (unpaired) electrons. The van der Waals surface area contributed by atoms with Crippen LogP contribution in [0.25, 0.3) is 0 Å². The lowest BCUT2D eigenvalue weighted by atomic mass is 10.2. The first-order chi connectivity index (χ1) is 6.66. The van der Waals surface area contributed by atoms with Crippen LogP contribution in [0.3, 0.4) is 0 Å². The Kier molecular flexibility index (Phi) is 4.89. The molecule has 0 aromatic heterocycles.